The van der Waals surface area contributed by atoms with Crippen LogP contribution in [0.4, 0.5) is 0 Å². The molecule has 1 nitrogen and oxygen atoms in total. The maximum Gasteiger partial charge on any atom is 0.0545 e. The monoisotopic (exact) mass is 383 g/mol. The molecule has 0 atom stereocenters. The molecule has 2 rings (SSSR count). The van der Waals surface area contributed by atoms with Crippen LogP contribution in [0.1, 0.15) is 19.4 Å². The van der Waals surface area contributed by atoms with E-state index in [-0.39, 0.29) is 0 Å². The molecule has 2 aromatic carbocycles. The Balaban J connectivity index is 2.04. The van der Waals surface area contributed by atoms with Gasteiger partial charge in [-0.3, -0.25) is 0 Å². The van der Waals surface area contributed by atoms with Crippen LogP contribution in [0, 0.1) is 5.92 Å². The largest absolute Gasteiger partial charge is 0.312 e. The second-order valence-electron chi connectivity index (χ2n) is 5.32. The predicted octanol–water partition coefficient (Wildman–Crippen LogP) is 6.00. The summed E-state index contributed by atoms with van der Waals surface area (Å²) in [6.45, 7) is 6.36. The summed E-state index contributed by atoms with van der Waals surface area (Å²) in [4.78, 5) is 2.25. The van der Waals surface area contributed by atoms with Gasteiger partial charge in [0.1, 0.15) is 0 Å². The molecule has 4 heteroatoms. The summed E-state index contributed by atoms with van der Waals surface area (Å²) in [7, 11) is 0. The zero-order valence-electron chi connectivity index (χ0n) is 12.2. The summed E-state index contributed by atoms with van der Waals surface area (Å²) in [5, 5.41) is 4.25. The number of hydrogen-bond donors (Lipinski definition) is 1. The van der Waals surface area contributed by atoms with Gasteiger partial charge in [-0.2, -0.15) is 0 Å². The van der Waals surface area contributed by atoms with Crippen molar-refractivity contribution >= 4 is 39.3 Å². The Morgan fingerprint density at radius 1 is 1.14 bits per heavy atom. The van der Waals surface area contributed by atoms with E-state index in [4.69, 9.17) is 11.6 Å². The fourth-order valence-corrected chi connectivity index (χ4v) is 3.65. The molecule has 0 radical (unpaired) electrons. The van der Waals surface area contributed by atoms with Gasteiger partial charge in [-0.25, -0.2) is 0 Å². The molecular formula is C17H19BrClNS. The van der Waals surface area contributed by atoms with Crippen LogP contribution < -0.4 is 5.32 Å². The van der Waals surface area contributed by atoms with Crippen LogP contribution in [-0.4, -0.2) is 6.54 Å². The molecule has 0 aromatic heterocycles. The van der Waals surface area contributed by atoms with Crippen LogP contribution in [0.25, 0.3) is 0 Å². The fraction of sp³-hybridized carbons (Fsp3) is 0.294. The van der Waals surface area contributed by atoms with Crippen molar-refractivity contribution in [3.8, 4) is 0 Å². The van der Waals surface area contributed by atoms with Crippen LogP contribution >= 0.6 is 39.3 Å². The zero-order valence-corrected chi connectivity index (χ0v) is 15.4. The van der Waals surface area contributed by atoms with Gasteiger partial charge in [-0.15, -0.1) is 0 Å². The summed E-state index contributed by atoms with van der Waals surface area (Å²) in [6.07, 6.45) is 0. The lowest BCUT2D eigenvalue weighted by molar-refractivity contribution is 0.552. The molecule has 2 aromatic rings. The summed E-state index contributed by atoms with van der Waals surface area (Å²) < 4.78 is 1.11. The lowest BCUT2D eigenvalue weighted by atomic mass is 10.2. The highest BCUT2D eigenvalue weighted by molar-refractivity contribution is 9.10. The van der Waals surface area contributed by atoms with Crippen molar-refractivity contribution < 1.29 is 0 Å². The third-order valence-corrected chi connectivity index (χ3v) is 5.45. The van der Waals surface area contributed by atoms with E-state index in [2.05, 4.69) is 53.3 Å². The zero-order chi connectivity index (χ0) is 15.2. The minimum Gasteiger partial charge on any atom is -0.312 e. The maximum atomic E-state index is 6.21. The Kier molecular flexibility index (Phi) is 6.62. The second kappa shape index (κ2) is 8.23. The highest BCUT2D eigenvalue weighted by atomic mass is 79.9. The van der Waals surface area contributed by atoms with Crippen molar-refractivity contribution in [2.24, 2.45) is 5.92 Å². The number of benzene rings is 2. The Morgan fingerprint density at radius 2 is 1.90 bits per heavy atom. The predicted molar refractivity (Wildman–Crippen MR) is 96.3 cm³/mol. The molecule has 1 N–H and O–H groups in total. The lowest BCUT2D eigenvalue weighted by Crippen LogP contribution is -2.18. The van der Waals surface area contributed by atoms with E-state index in [1.807, 2.05) is 24.3 Å². The molecule has 0 aliphatic carbocycles. The summed E-state index contributed by atoms with van der Waals surface area (Å²) in [5.74, 6) is 0.670. The van der Waals surface area contributed by atoms with Gasteiger partial charge in [0.25, 0.3) is 0 Å². The van der Waals surface area contributed by atoms with Gasteiger partial charge in [-0.1, -0.05) is 55.4 Å². The first-order valence-corrected chi connectivity index (χ1v) is 8.96. The molecule has 112 valence electrons. The first-order valence-electron chi connectivity index (χ1n) is 6.98. The number of rotatable bonds is 6. The topological polar surface area (TPSA) is 12.0 Å². The van der Waals surface area contributed by atoms with E-state index >= 15 is 0 Å². The van der Waals surface area contributed by atoms with E-state index in [0.717, 1.165) is 27.5 Å². The van der Waals surface area contributed by atoms with Gasteiger partial charge in [0.15, 0.2) is 0 Å². The second-order valence-corrected chi connectivity index (χ2v) is 7.67. The molecule has 0 amide bonds. The minimum absolute atomic E-state index is 0.670. The molecule has 0 aliphatic heterocycles. The molecule has 21 heavy (non-hydrogen) atoms. The van der Waals surface area contributed by atoms with Crippen LogP contribution in [0.15, 0.2) is 56.7 Å². The standard InChI is InChI=1S/C17H19BrClNS/c1-12(2)10-20-11-13-7-8-16(14(18)9-13)21-17-6-4-3-5-15(17)19/h3-9,12,20H,10-11H2,1-2H3. The maximum absolute atomic E-state index is 6.21. The highest BCUT2D eigenvalue weighted by Crippen LogP contribution is 2.37. The van der Waals surface area contributed by atoms with Gasteiger partial charge < -0.3 is 5.32 Å². The normalized spacial score (nSPS) is 11.1. The number of nitrogens with one attached hydrogen (secondary N) is 1. The van der Waals surface area contributed by atoms with Crippen molar-refractivity contribution in [2.45, 2.75) is 30.2 Å². The summed E-state index contributed by atoms with van der Waals surface area (Å²) in [6, 6.07) is 14.4. The lowest BCUT2D eigenvalue weighted by Gasteiger charge is -2.10. The third-order valence-electron chi connectivity index (χ3n) is 2.93. The molecule has 0 saturated heterocycles. The molecule has 0 bridgehead atoms. The number of hydrogen-bond acceptors (Lipinski definition) is 2. The van der Waals surface area contributed by atoms with E-state index < -0.39 is 0 Å². The fourth-order valence-electron chi connectivity index (χ4n) is 1.89. The Labute approximate surface area is 144 Å². The quantitative estimate of drug-likeness (QED) is 0.655. The van der Waals surface area contributed by atoms with Crippen LogP contribution in [0.3, 0.4) is 0 Å². The Bertz CT molecular complexity index is 601. The van der Waals surface area contributed by atoms with Crippen LogP contribution in [-0.2, 0) is 6.54 Å². The molecule has 0 saturated carbocycles. The van der Waals surface area contributed by atoms with E-state index in [9.17, 15) is 0 Å². The molecule has 0 fully saturated rings. The summed E-state index contributed by atoms with van der Waals surface area (Å²) in [5.41, 5.74) is 1.28. The van der Waals surface area contributed by atoms with Gasteiger partial charge >= 0.3 is 0 Å². The minimum atomic E-state index is 0.670. The smallest absolute Gasteiger partial charge is 0.0545 e. The number of halogens is 2. The first kappa shape index (κ1) is 16.9. The molecular weight excluding hydrogens is 366 g/mol. The van der Waals surface area contributed by atoms with Crippen molar-refractivity contribution in [1.29, 1.82) is 0 Å². The average Bonchev–Trinajstić information content (AvgIpc) is 2.43. The van der Waals surface area contributed by atoms with Crippen molar-refractivity contribution in [3.63, 3.8) is 0 Å². The first-order chi connectivity index (χ1) is 10.1. The average molecular weight is 385 g/mol. The molecule has 0 aliphatic rings. The van der Waals surface area contributed by atoms with Crippen molar-refractivity contribution in [1.82, 2.24) is 5.32 Å². The highest BCUT2D eigenvalue weighted by Gasteiger charge is 2.06. The Morgan fingerprint density at radius 3 is 2.57 bits per heavy atom. The van der Waals surface area contributed by atoms with Crippen molar-refractivity contribution in [3.05, 3.63) is 57.5 Å². The van der Waals surface area contributed by atoms with E-state index in [1.54, 1.807) is 11.8 Å². The molecule has 0 spiro atoms. The van der Waals surface area contributed by atoms with Gasteiger partial charge in [-0.05, 0) is 58.2 Å². The van der Waals surface area contributed by atoms with Crippen molar-refractivity contribution in [2.75, 3.05) is 6.54 Å². The van der Waals surface area contributed by atoms with E-state index in [0.29, 0.717) is 5.92 Å². The van der Waals surface area contributed by atoms with Gasteiger partial charge in [0.2, 0.25) is 0 Å². The van der Waals surface area contributed by atoms with Gasteiger partial charge in [0, 0.05) is 20.8 Å². The third kappa shape index (κ3) is 5.33. The molecule has 0 unspecified atom stereocenters. The Hall–Kier alpha value is -0.480. The van der Waals surface area contributed by atoms with Gasteiger partial charge in [0.05, 0.1) is 5.02 Å². The molecule has 0 heterocycles. The van der Waals surface area contributed by atoms with Crippen LogP contribution in [0.5, 0.6) is 0 Å². The summed E-state index contributed by atoms with van der Waals surface area (Å²) >= 11 is 11.5. The SMILES string of the molecule is CC(C)CNCc1ccc(Sc2ccccc2Cl)c(Br)c1. The van der Waals surface area contributed by atoms with E-state index in [1.165, 1.54) is 10.5 Å². The van der Waals surface area contributed by atoms with Crippen LogP contribution in [0.2, 0.25) is 5.02 Å².